The van der Waals surface area contributed by atoms with Crippen LogP contribution in [0.5, 0.6) is 11.5 Å². The molecule has 1 aromatic carbocycles. The predicted molar refractivity (Wildman–Crippen MR) is 103 cm³/mol. The van der Waals surface area contributed by atoms with Gasteiger partial charge in [-0.2, -0.15) is 0 Å². The van der Waals surface area contributed by atoms with Crippen LogP contribution in [0.3, 0.4) is 0 Å². The van der Waals surface area contributed by atoms with Crippen LogP contribution in [0, 0.1) is 11.8 Å². The van der Waals surface area contributed by atoms with Crippen molar-refractivity contribution in [2.75, 3.05) is 39.9 Å². The lowest BCUT2D eigenvalue weighted by atomic mass is 9.92. The first-order valence-corrected chi connectivity index (χ1v) is 9.88. The van der Waals surface area contributed by atoms with E-state index in [0.29, 0.717) is 25.6 Å². The monoisotopic (exact) mass is 374 g/mol. The van der Waals surface area contributed by atoms with Gasteiger partial charge in [0.25, 0.3) is 0 Å². The van der Waals surface area contributed by atoms with Crippen molar-refractivity contribution in [3.8, 4) is 11.5 Å². The summed E-state index contributed by atoms with van der Waals surface area (Å²) in [6, 6.07) is 7.60. The van der Waals surface area contributed by atoms with Gasteiger partial charge in [0.1, 0.15) is 11.5 Å². The van der Waals surface area contributed by atoms with Gasteiger partial charge in [0.2, 0.25) is 11.8 Å². The summed E-state index contributed by atoms with van der Waals surface area (Å²) < 4.78 is 11.1. The molecule has 2 amide bonds. The van der Waals surface area contributed by atoms with E-state index in [1.54, 1.807) is 14.0 Å². The van der Waals surface area contributed by atoms with Crippen LogP contribution in [-0.2, 0) is 9.59 Å². The second-order valence-corrected chi connectivity index (χ2v) is 7.56. The molecule has 2 heterocycles. The number of likely N-dealkylation sites (tertiary alicyclic amines) is 2. The zero-order valence-electron chi connectivity index (χ0n) is 16.4. The lowest BCUT2D eigenvalue weighted by molar-refractivity contribution is -0.141. The van der Waals surface area contributed by atoms with Crippen molar-refractivity contribution < 1.29 is 19.1 Å². The molecule has 1 aromatic rings. The molecule has 148 valence electrons. The fraction of sp³-hybridized carbons (Fsp3) is 0.619. The molecule has 2 aliphatic heterocycles. The van der Waals surface area contributed by atoms with Crippen molar-refractivity contribution in [1.29, 1.82) is 0 Å². The Balaban J connectivity index is 1.47. The van der Waals surface area contributed by atoms with Gasteiger partial charge in [-0.05, 0) is 49.9 Å². The van der Waals surface area contributed by atoms with Crippen LogP contribution in [0.2, 0.25) is 0 Å². The largest absolute Gasteiger partial charge is 0.497 e. The first kappa shape index (κ1) is 19.5. The van der Waals surface area contributed by atoms with Crippen molar-refractivity contribution in [2.45, 2.75) is 32.6 Å². The molecule has 27 heavy (non-hydrogen) atoms. The average Bonchev–Trinajstić information content (AvgIpc) is 2.72. The number of carbonyl (C=O) groups excluding carboxylic acids is 2. The first-order valence-electron chi connectivity index (χ1n) is 9.88. The number of methoxy groups -OCH3 is 1. The zero-order valence-corrected chi connectivity index (χ0v) is 16.4. The third kappa shape index (κ3) is 5.15. The van der Waals surface area contributed by atoms with Gasteiger partial charge < -0.3 is 19.3 Å². The number of amides is 2. The van der Waals surface area contributed by atoms with Crippen LogP contribution < -0.4 is 9.47 Å². The van der Waals surface area contributed by atoms with E-state index in [0.717, 1.165) is 50.3 Å². The lowest BCUT2D eigenvalue weighted by Crippen LogP contribution is -2.47. The quantitative estimate of drug-likeness (QED) is 0.795. The molecule has 1 atom stereocenters. The molecule has 0 saturated carbocycles. The van der Waals surface area contributed by atoms with Gasteiger partial charge in [0, 0.05) is 44.9 Å². The van der Waals surface area contributed by atoms with Gasteiger partial charge in [-0.25, -0.2) is 0 Å². The van der Waals surface area contributed by atoms with E-state index in [-0.39, 0.29) is 17.7 Å². The smallest absolute Gasteiger partial charge is 0.225 e. The van der Waals surface area contributed by atoms with Crippen molar-refractivity contribution in [3.05, 3.63) is 24.3 Å². The molecule has 0 radical (unpaired) electrons. The molecular weight excluding hydrogens is 344 g/mol. The highest BCUT2D eigenvalue weighted by molar-refractivity contribution is 5.79. The van der Waals surface area contributed by atoms with Gasteiger partial charge in [-0.3, -0.25) is 9.59 Å². The van der Waals surface area contributed by atoms with Crippen LogP contribution in [0.25, 0.3) is 0 Å². The summed E-state index contributed by atoms with van der Waals surface area (Å²) in [7, 11) is 1.65. The minimum Gasteiger partial charge on any atom is -0.497 e. The summed E-state index contributed by atoms with van der Waals surface area (Å²) >= 11 is 0. The number of rotatable bonds is 5. The maximum absolute atomic E-state index is 12.9. The number of hydrogen-bond donors (Lipinski definition) is 0. The third-order valence-electron chi connectivity index (χ3n) is 5.67. The van der Waals surface area contributed by atoms with E-state index < -0.39 is 0 Å². The number of benzene rings is 1. The maximum atomic E-state index is 12.9. The Hall–Kier alpha value is -2.24. The summed E-state index contributed by atoms with van der Waals surface area (Å²) in [6.07, 6.45) is 3.67. The summed E-state index contributed by atoms with van der Waals surface area (Å²) in [4.78, 5) is 28.2. The van der Waals surface area contributed by atoms with E-state index in [9.17, 15) is 9.59 Å². The van der Waals surface area contributed by atoms with Crippen LogP contribution in [0.1, 0.15) is 32.6 Å². The Bertz CT molecular complexity index is 638. The van der Waals surface area contributed by atoms with Crippen molar-refractivity contribution >= 4 is 11.8 Å². The third-order valence-corrected chi connectivity index (χ3v) is 5.67. The van der Waals surface area contributed by atoms with E-state index in [1.807, 2.05) is 34.1 Å². The normalized spacial score (nSPS) is 21.0. The molecular formula is C21H30N2O4. The second-order valence-electron chi connectivity index (χ2n) is 7.56. The molecule has 2 aliphatic rings. The van der Waals surface area contributed by atoms with E-state index in [4.69, 9.17) is 9.47 Å². The summed E-state index contributed by atoms with van der Waals surface area (Å²) in [5, 5.41) is 0. The number of piperidine rings is 2. The van der Waals surface area contributed by atoms with E-state index in [1.165, 1.54) is 0 Å². The molecule has 0 spiro atoms. The molecule has 0 N–H and O–H groups in total. The van der Waals surface area contributed by atoms with Crippen LogP contribution >= 0.6 is 0 Å². The minimum atomic E-state index is 0.0573. The predicted octanol–water partition coefficient (Wildman–Crippen LogP) is 2.57. The van der Waals surface area contributed by atoms with Gasteiger partial charge in [-0.15, -0.1) is 0 Å². The van der Waals surface area contributed by atoms with E-state index >= 15 is 0 Å². The van der Waals surface area contributed by atoms with Crippen molar-refractivity contribution in [2.24, 2.45) is 11.8 Å². The molecule has 0 unspecified atom stereocenters. The highest BCUT2D eigenvalue weighted by Crippen LogP contribution is 2.25. The highest BCUT2D eigenvalue weighted by atomic mass is 16.5. The van der Waals surface area contributed by atoms with Crippen LogP contribution in [-0.4, -0.2) is 61.5 Å². The lowest BCUT2D eigenvalue weighted by Gasteiger charge is -2.37. The standard InChI is InChI=1S/C21H30N2O4/c1-16(24)22-12-9-18(10-13-22)21(25)23-11-3-4-17(14-23)15-27-20-7-5-19(26-2)6-8-20/h5-8,17-18H,3-4,9-15H2,1-2H3/t17-/m1/s1. The Morgan fingerprint density at radius 3 is 2.30 bits per heavy atom. The average molecular weight is 374 g/mol. The summed E-state index contributed by atoms with van der Waals surface area (Å²) in [5.74, 6) is 2.43. The molecule has 6 nitrogen and oxygen atoms in total. The Morgan fingerprint density at radius 1 is 1.00 bits per heavy atom. The van der Waals surface area contributed by atoms with Crippen LogP contribution in [0.15, 0.2) is 24.3 Å². The SMILES string of the molecule is COc1ccc(OC[C@@H]2CCCN(C(=O)C3CCN(C(C)=O)CC3)C2)cc1. The van der Waals surface area contributed by atoms with Crippen molar-refractivity contribution in [1.82, 2.24) is 9.80 Å². The first-order chi connectivity index (χ1) is 13.1. The van der Waals surface area contributed by atoms with Gasteiger partial charge in [-0.1, -0.05) is 0 Å². The van der Waals surface area contributed by atoms with E-state index in [2.05, 4.69) is 0 Å². The topological polar surface area (TPSA) is 59.1 Å². The van der Waals surface area contributed by atoms with Gasteiger partial charge in [0.15, 0.2) is 0 Å². The van der Waals surface area contributed by atoms with Gasteiger partial charge >= 0.3 is 0 Å². The molecule has 2 saturated heterocycles. The van der Waals surface area contributed by atoms with Gasteiger partial charge in [0.05, 0.1) is 13.7 Å². The molecule has 2 fully saturated rings. The number of nitrogens with zero attached hydrogens (tertiary/aromatic N) is 2. The molecule has 0 aromatic heterocycles. The number of ether oxygens (including phenoxy) is 2. The Labute approximate surface area is 161 Å². The minimum absolute atomic E-state index is 0.0573. The van der Waals surface area contributed by atoms with Crippen LogP contribution in [0.4, 0.5) is 0 Å². The summed E-state index contributed by atoms with van der Waals surface area (Å²) in [5.41, 5.74) is 0. The Kier molecular flexibility index (Phi) is 6.58. The number of carbonyl (C=O) groups is 2. The molecule has 3 rings (SSSR count). The second kappa shape index (κ2) is 9.11. The zero-order chi connectivity index (χ0) is 19.2. The fourth-order valence-electron chi connectivity index (χ4n) is 3.99. The highest BCUT2D eigenvalue weighted by Gasteiger charge is 2.32. The van der Waals surface area contributed by atoms with Crippen molar-refractivity contribution in [3.63, 3.8) is 0 Å². The molecule has 0 aliphatic carbocycles. The molecule has 6 heteroatoms. The molecule has 0 bridgehead atoms. The Morgan fingerprint density at radius 2 is 1.67 bits per heavy atom. The number of hydrogen-bond acceptors (Lipinski definition) is 4. The fourth-order valence-corrected chi connectivity index (χ4v) is 3.99. The maximum Gasteiger partial charge on any atom is 0.225 e. The summed E-state index contributed by atoms with van der Waals surface area (Å²) in [6.45, 7) is 5.22.